The van der Waals surface area contributed by atoms with Gasteiger partial charge in [-0.15, -0.1) is 0 Å². The van der Waals surface area contributed by atoms with E-state index in [9.17, 15) is 9.59 Å². The number of carbonyl (C=O) groups excluding carboxylic acids is 2. The second-order valence-electron chi connectivity index (χ2n) is 6.76. The van der Waals surface area contributed by atoms with Gasteiger partial charge < -0.3 is 19.9 Å². The van der Waals surface area contributed by atoms with Crippen molar-refractivity contribution in [3.8, 4) is 0 Å². The molecule has 6 heteroatoms. The second-order valence-corrected chi connectivity index (χ2v) is 6.76. The minimum Gasteiger partial charge on any atom is -0.444 e. The fraction of sp³-hybridized carbons (Fsp3) is 0.529. The first-order chi connectivity index (χ1) is 10.8. The molecule has 0 saturated carbocycles. The highest BCUT2D eigenvalue weighted by Crippen LogP contribution is 2.16. The van der Waals surface area contributed by atoms with Gasteiger partial charge in [-0.2, -0.15) is 0 Å². The Kier molecular flexibility index (Phi) is 5.13. The maximum Gasteiger partial charge on any atom is 0.410 e. The number of hydrogen-bond donors (Lipinski definition) is 1. The molecule has 0 spiro atoms. The Morgan fingerprint density at radius 3 is 2.39 bits per heavy atom. The average Bonchev–Trinajstić information content (AvgIpc) is 2.46. The Bertz CT molecular complexity index is 554. The largest absolute Gasteiger partial charge is 0.444 e. The van der Waals surface area contributed by atoms with Gasteiger partial charge in [0.25, 0.3) is 0 Å². The van der Waals surface area contributed by atoms with Gasteiger partial charge in [-0.1, -0.05) is 18.2 Å². The Labute approximate surface area is 137 Å². The molecule has 1 aromatic carbocycles. The van der Waals surface area contributed by atoms with Crippen LogP contribution in [0.25, 0.3) is 0 Å². The number of piperazine rings is 1. The van der Waals surface area contributed by atoms with E-state index in [1.54, 1.807) is 9.80 Å². The first kappa shape index (κ1) is 17.1. The number of anilines is 1. The maximum absolute atomic E-state index is 12.4. The predicted octanol–water partition coefficient (Wildman–Crippen LogP) is 3.16. The Morgan fingerprint density at radius 2 is 1.83 bits per heavy atom. The highest BCUT2D eigenvalue weighted by atomic mass is 16.6. The van der Waals surface area contributed by atoms with Gasteiger partial charge in [-0.05, 0) is 39.8 Å². The highest BCUT2D eigenvalue weighted by molar-refractivity contribution is 5.89. The highest BCUT2D eigenvalue weighted by Gasteiger charge is 2.32. The summed E-state index contributed by atoms with van der Waals surface area (Å²) in [4.78, 5) is 27.9. The lowest BCUT2D eigenvalue weighted by atomic mass is 10.2. The molecule has 1 aliphatic rings. The fourth-order valence-corrected chi connectivity index (χ4v) is 2.47. The minimum absolute atomic E-state index is 0.0695. The Hall–Kier alpha value is -2.24. The number of benzene rings is 1. The number of carbonyl (C=O) groups is 2. The van der Waals surface area contributed by atoms with Crippen molar-refractivity contribution in [1.82, 2.24) is 9.80 Å². The van der Waals surface area contributed by atoms with Crippen LogP contribution in [0.15, 0.2) is 30.3 Å². The zero-order valence-electron chi connectivity index (χ0n) is 14.2. The molecule has 6 nitrogen and oxygen atoms in total. The molecule has 0 aliphatic carbocycles. The molecule has 1 fully saturated rings. The van der Waals surface area contributed by atoms with E-state index < -0.39 is 5.60 Å². The number of nitrogens with one attached hydrogen (secondary N) is 1. The molecule has 1 heterocycles. The number of para-hydroxylation sites is 1. The van der Waals surface area contributed by atoms with Crippen LogP contribution < -0.4 is 5.32 Å². The third-order valence-corrected chi connectivity index (χ3v) is 3.57. The average molecular weight is 319 g/mol. The molecule has 2 rings (SSSR count). The van der Waals surface area contributed by atoms with E-state index >= 15 is 0 Å². The third-order valence-electron chi connectivity index (χ3n) is 3.57. The number of nitrogens with zero attached hydrogens (tertiary/aromatic N) is 2. The molecule has 0 aromatic heterocycles. The van der Waals surface area contributed by atoms with Gasteiger partial charge in [0, 0.05) is 31.4 Å². The number of ether oxygens (including phenoxy) is 1. The van der Waals surface area contributed by atoms with Gasteiger partial charge in [-0.3, -0.25) is 0 Å². The fourth-order valence-electron chi connectivity index (χ4n) is 2.47. The first-order valence-corrected chi connectivity index (χ1v) is 7.87. The van der Waals surface area contributed by atoms with Gasteiger partial charge in [0.05, 0.1) is 0 Å². The van der Waals surface area contributed by atoms with Crippen LogP contribution >= 0.6 is 0 Å². The molecule has 126 valence electrons. The van der Waals surface area contributed by atoms with Gasteiger partial charge in [0.1, 0.15) is 5.60 Å². The van der Waals surface area contributed by atoms with E-state index in [0.717, 1.165) is 5.69 Å². The van der Waals surface area contributed by atoms with Crippen molar-refractivity contribution in [2.75, 3.05) is 25.0 Å². The normalized spacial score (nSPS) is 18.5. The van der Waals surface area contributed by atoms with Crippen LogP contribution in [0.1, 0.15) is 27.7 Å². The molecular formula is C17H25N3O3. The molecule has 0 radical (unpaired) electrons. The quantitative estimate of drug-likeness (QED) is 0.865. The maximum atomic E-state index is 12.4. The van der Waals surface area contributed by atoms with Crippen molar-refractivity contribution in [2.24, 2.45) is 0 Å². The molecule has 23 heavy (non-hydrogen) atoms. The van der Waals surface area contributed by atoms with Crippen LogP contribution in [0.4, 0.5) is 15.3 Å². The Morgan fingerprint density at radius 1 is 1.17 bits per heavy atom. The monoisotopic (exact) mass is 319 g/mol. The smallest absolute Gasteiger partial charge is 0.410 e. The van der Waals surface area contributed by atoms with E-state index in [1.165, 1.54) is 0 Å². The van der Waals surface area contributed by atoms with Gasteiger partial charge in [-0.25, -0.2) is 9.59 Å². The standard InChI is InChI=1S/C17H25N3O3/c1-13-12-19(16(22)23-17(2,3)4)10-11-20(13)15(21)18-14-8-6-5-7-9-14/h5-9,13H,10-12H2,1-4H3,(H,18,21). The first-order valence-electron chi connectivity index (χ1n) is 7.87. The van der Waals surface area contributed by atoms with E-state index in [0.29, 0.717) is 19.6 Å². The second kappa shape index (κ2) is 6.89. The third kappa shape index (κ3) is 4.87. The van der Waals surface area contributed by atoms with Gasteiger partial charge in [0.2, 0.25) is 0 Å². The molecule has 0 bridgehead atoms. The number of hydrogen-bond acceptors (Lipinski definition) is 3. The molecule has 1 atom stereocenters. The summed E-state index contributed by atoms with van der Waals surface area (Å²) in [6, 6.07) is 9.13. The number of amides is 3. The van der Waals surface area contributed by atoms with Crippen molar-refractivity contribution < 1.29 is 14.3 Å². The molecule has 1 N–H and O–H groups in total. The topological polar surface area (TPSA) is 61.9 Å². The van der Waals surface area contributed by atoms with Crippen LogP contribution in [0.2, 0.25) is 0 Å². The van der Waals surface area contributed by atoms with Crippen LogP contribution in [0, 0.1) is 0 Å². The SMILES string of the molecule is CC1CN(C(=O)OC(C)(C)C)CCN1C(=O)Nc1ccccc1. The van der Waals surface area contributed by atoms with Crippen molar-refractivity contribution in [2.45, 2.75) is 39.3 Å². The van der Waals surface area contributed by atoms with Crippen LogP contribution in [0.5, 0.6) is 0 Å². The zero-order chi connectivity index (χ0) is 17.0. The Balaban J connectivity index is 1.91. The summed E-state index contributed by atoms with van der Waals surface area (Å²) < 4.78 is 5.38. The molecule has 1 aliphatic heterocycles. The van der Waals surface area contributed by atoms with Crippen LogP contribution in [0.3, 0.4) is 0 Å². The van der Waals surface area contributed by atoms with Crippen molar-refractivity contribution in [1.29, 1.82) is 0 Å². The molecule has 1 saturated heterocycles. The van der Waals surface area contributed by atoms with E-state index in [2.05, 4.69) is 5.32 Å². The lowest BCUT2D eigenvalue weighted by molar-refractivity contribution is 0.0112. The molecule has 1 aromatic rings. The summed E-state index contributed by atoms with van der Waals surface area (Å²) in [6.45, 7) is 8.90. The summed E-state index contributed by atoms with van der Waals surface area (Å²) in [6.07, 6.45) is -0.326. The number of rotatable bonds is 1. The summed E-state index contributed by atoms with van der Waals surface area (Å²) >= 11 is 0. The lowest BCUT2D eigenvalue weighted by Gasteiger charge is -2.40. The summed E-state index contributed by atoms with van der Waals surface area (Å²) in [7, 11) is 0. The van der Waals surface area contributed by atoms with Gasteiger partial charge in [0.15, 0.2) is 0 Å². The van der Waals surface area contributed by atoms with Crippen LogP contribution in [-0.2, 0) is 4.74 Å². The zero-order valence-corrected chi connectivity index (χ0v) is 14.2. The van der Waals surface area contributed by atoms with E-state index in [4.69, 9.17) is 4.74 Å². The molecule has 1 unspecified atom stereocenters. The van der Waals surface area contributed by atoms with E-state index in [-0.39, 0.29) is 18.2 Å². The predicted molar refractivity (Wildman–Crippen MR) is 89.4 cm³/mol. The van der Waals surface area contributed by atoms with Crippen LogP contribution in [-0.4, -0.2) is 53.2 Å². The minimum atomic E-state index is -0.512. The molecule has 3 amide bonds. The summed E-state index contributed by atoms with van der Waals surface area (Å²) in [5, 5.41) is 2.88. The van der Waals surface area contributed by atoms with Crippen molar-refractivity contribution in [3.63, 3.8) is 0 Å². The summed E-state index contributed by atoms with van der Waals surface area (Å²) in [5.41, 5.74) is 0.251. The van der Waals surface area contributed by atoms with Gasteiger partial charge >= 0.3 is 12.1 Å². The van der Waals surface area contributed by atoms with E-state index in [1.807, 2.05) is 58.0 Å². The van der Waals surface area contributed by atoms with Crippen molar-refractivity contribution in [3.05, 3.63) is 30.3 Å². The van der Waals surface area contributed by atoms with Crippen molar-refractivity contribution >= 4 is 17.8 Å². The molecular weight excluding hydrogens is 294 g/mol. The number of urea groups is 1. The lowest BCUT2D eigenvalue weighted by Crippen LogP contribution is -2.57. The summed E-state index contributed by atoms with van der Waals surface area (Å²) in [5.74, 6) is 0.